The van der Waals surface area contributed by atoms with E-state index in [9.17, 15) is 0 Å². The first-order valence-corrected chi connectivity index (χ1v) is 8.37. The second-order valence-corrected chi connectivity index (χ2v) is 6.18. The van der Waals surface area contributed by atoms with E-state index in [1.807, 2.05) is 0 Å². The van der Waals surface area contributed by atoms with Gasteiger partial charge >= 0.3 is 0 Å². The molecule has 1 saturated carbocycles. The Hall–Kier alpha value is -0.900. The van der Waals surface area contributed by atoms with Crippen molar-refractivity contribution in [3.63, 3.8) is 0 Å². The minimum absolute atomic E-state index is 0.540. The van der Waals surface area contributed by atoms with Crippen LogP contribution in [0.2, 0.25) is 0 Å². The van der Waals surface area contributed by atoms with Crippen molar-refractivity contribution in [3.05, 3.63) is 12.2 Å². The van der Waals surface area contributed by atoms with Gasteiger partial charge in [-0.1, -0.05) is 45.4 Å². The lowest BCUT2D eigenvalue weighted by Gasteiger charge is -2.22. The Morgan fingerprint density at radius 1 is 1.30 bits per heavy atom. The molecule has 1 aromatic heterocycles. The molecule has 1 aliphatic carbocycles. The zero-order chi connectivity index (χ0) is 14.2. The van der Waals surface area contributed by atoms with E-state index in [-0.39, 0.29) is 0 Å². The normalized spacial score (nSPS) is 18.9. The van der Waals surface area contributed by atoms with Gasteiger partial charge in [-0.15, -0.1) is 0 Å². The van der Waals surface area contributed by atoms with E-state index < -0.39 is 0 Å². The lowest BCUT2D eigenvalue weighted by Crippen LogP contribution is -2.31. The summed E-state index contributed by atoms with van der Waals surface area (Å²) in [5, 5.41) is 7.83. The van der Waals surface area contributed by atoms with Crippen molar-refractivity contribution in [2.45, 2.75) is 77.3 Å². The van der Waals surface area contributed by atoms with E-state index in [0.29, 0.717) is 6.04 Å². The lowest BCUT2D eigenvalue weighted by molar-refractivity contribution is 0.354. The van der Waals surface area contributed by atoms with E-state index in [2.05, 4.69) is 34.1 Å². The van der Waals surface area contributed by atoms with Crippen molar-refractivity contribution in [2.24, 2.45) is 5.92 Å². The molecule has 4 heteroatoms. The molecule has 0 amide bonds. The van der Waals surface area contributed by atoms with Crippen LogP contribution in [0.3, 0.4) is 0 Å². The van der Waals surface area contributed by atoms with Crippen molar-refractivity contribution >= 4 is 0 Å². The van der Waals surface area contributed by atoms with Crippen molar-refractivity contribution in [3.8, 4) is 0 Å². The van der Waals surface area contributed by atoms with E-state index in [0.717, 1.165) is 31.1 Å². The fourth-order valence-electron chi connectivity index (χ4n) is 3.37. The Balaban J connectivity index is 1.88. The van der Waals surface area contributed by atoms with E-state index in [1.54, 1.807) is 6.33 Å². The summed E-state index contributed by atoms with van der Waals surface area (Å²) in [6.45, 7) is 3.17. The third-order valence-electron chi connectivity index (χ3n) is 4.56. The molecule has 0 spiro atoms. The molecule has 1 atom stereocenters. The van der Waals surface area contributed by atoms with Gasteiger partial charge in [0.2, 0.25) is 0 Å². The highest BCUT2D eigenvalue weighted by Gasteiger charge is 2.19. The molecule has 1 aliphatic rings. The van der Waals surface area contributed by atoms with Gasteiger partial charge in [-0.05, 0) is 25.8 Å². The Kier molecular flexibility index (Phi) is 6.51. The van der Waals surface area contributed by atoms with Gasteiger partial charge in [-0.25, -0.2) is 4.98 Å². The van der Waals surface area contributed by atoms with Gasteiger partial charge < -0.3 is 5.32 Å². The molecule has 4 nitrogen and oxygen atoms in total. The van der Waals surface area contributed by atoms with Crippen LogP contribution in [0.15, 0.2) is 6.33 Å². The van der Waals surface area contributed by atoms with Crippen LogP contribution >= 0.6 is 0 Å². The van der Waals surface area contributed by atoms with Crippen LogP contribution in [0.1, 0.15) is 64.1 Å². The van der Waals surface area contributed by atoms with Gasteiger partial charge in [0.1, 0.15) is 12.2 Å². The van der Waals surface area contributed by atoms with E-state index in [1.165, 1.54) is 44.9 Å². The smallest absolute Gasteiger partial charge is 0.138 e. The monoisotopic (exact) mass is 278 g/mol. The van der Waals surface area contributed by atoms with Crippen molar-refractivity contribution in [1.29, 1.82) is 0 Å². The highest BCUT2D eigenvalue weighted by Crippen LogP contribution is 2.27. The zero-order valence-corrected chi connectivity index (χ0v) is 13.1. The quantitative estimate of drug-likeness (QED) is 0.779. The topological polar surface area (TPSA) is 42.7 Å². The zero-order valence-electron chi connectivity index (χ0n) is 13.1. The third kappa shape index (κ3) is 4.58. The van der Waals surface area contributed by atoms with Crippen LogP contribution < -0.4 is 5.32 Å². The Labute approximate surface area is 123 Å². The summed E-state index contributed by atoms with van der Waals surface area (Å²) in [7, 11) is 2.09. The highest BCUT2D eigenvalue weighted by molar-refractivity contribution is 4.90. The van der Waals surface area contributed by atoms with Crippen molar-refractivity contribution in [1.82, 2.24) is 20.1 Å². The number of hydrogen-bond donors (Lipinski definition) is 1. The summed E-state index contributed by atoms with van der Waals surface area (Å²) in [5.41, 5.74) is 0. The molecule has 0 bridgehead atoms. The molecule has 1 fully saturated rings. The van der Waals surface area contributed by atoms with Crippen LogP contribution in [-0.2, 0) is 13.0 Å². The molecular weight excluding hydrogens is 248 g/mol. The predicted molar refractivity (Wildman–Crippen MR) is 82.7 cm³/mol. The van der Waals surface area contributed by atoms with Crippen molar-refractivity contribution < 1.29 is 0 Å². The summed E-state index contributed by atoms with van der Waals surface area (Å²) in [4.78, 5) is 4.45. The average molecular weight is 278 g/mol. The van der Waals surface area contributed by atoms with Crippen LogP contribution in [0.25, 0.3) is 0 Å². The number of aromatic nitrogens is 3. The molecule has 1 heterocycles. The highest BCUT2D eigenvalue weighted by atomic mass is 15.3. The number of hydrogen-bond acceptors (Lipinski definition) is 3. The number of nitrogens with zero attached hydrogens (tertiary/aromatic N) is 3. The molecule has 20 heavy (non-hydrogen) atoms. The number of nitrogens with one attached hydrogen (secondary N) is 1. The number of likely N-dealkylation sites (N-methyl/N-ethyl adjacent to an activating group) is 1. The first kappa shape index (κ1) is 15.5. The van der Waals surface area contributed by atoms with Crippen LogP contribution in [0.5, 0.6) is 0 Å². The summed E-state index contributed by atoms with van der Waals surface area (Å²) < 4.78 is 2.07. The Morgan fingerprint density at radius 2 is 2.05 bits per heavy atom. The fraction of sp³-hybridized carbons (Fsp3) is 0.875. The summed E-state index contributed by atoms with van der Waals surface area (Å²) in [6, 6.07) is 0.540. The van der Waals surface area contributed by atoms with Gasteiger partial charge in [-0.2, -0.15) is 5.10 Å². The molecule has 0 aliphatic heterocycles. The minimum atomic E-state index is 0.540. The first-order chi connectivity index (χ1) is 9.83. The lowest BCUT2D eigenvalue weighted by atomic mass is 9.91. The molecule has 0 saturated heterocycles. The van der Waals surface area contributed by atoms with E-state index >= 15 is 0 Å². The van der Waals surface area contributed by atoms with Crippen LogP contribution in [0, 0.1) is 5.92 Å². The second-order valence-electron chi connectivity index (χ2n) is 6.18. The summed E-state index contributed by atoms with van der Waals surface area (Å²) in [5.74, 6) is 2.04. The Morgan fingerprint density at radius 3 is 2.70 bits per heavy atom. The van der Waals surface area contributed by atoms with Crippen LogP contribution in [-0.4, -0.2) is 27.9 Å². The molecule has 2 rings (SSSR count). The third-order valence-corrected chi connectivity index (χ3v) is 4.56. The maximum Gasteiger partial charge on any atom is 0.138 e. The van der Waals surface area contributed by atoms with Gasteiger partial charge in [0.05, 0.1) is 0 Å². The standard InChI is InChI=1S/C16H30N4/c1-3-10-20-16(18-13-19-20)12-15(17-2)11-14-8-6-4-5-7-9-14/h13-15,17H,3-12H2,1-2H3. The summed E-state index contributed by atoms with van der Waals surface area (Å²) in [6.07, 6.45) is 13.7. The molecule has 0 aromatic carbocycles. The Bertz CT molecular complexity index is 366. The van der Waals surface area contributed by atoms with Gasteiger partial charge in [0, 0.05) is 19.0 Å². The van der Waals surface area contributed by atoms with Gasteiger partial charge in [-0.3, -0.25) is 4.68 Å². The number of rotatable bonds is 7. The van der Waals surface area contributed by atoms with E-state index in [4.69, 9.17) is 0 Å². The number of aryl methyl sites for hydroxylation is 1. The fourth-order valence-corrected chi connectivity index (χ4v) is 3.37. The second kappa shape index (κ2) is 8.40. The maximum atomic E-state index is 4.45. The SMILES string of the molecule is CCCn1ncnc1CC(CC1CCCCCC1)NC. The molecule has 114 valence electrons. The van der Waals surface area contributed by atoms with Gasteiger partial charge in [0.15, 0.2) is 0 Å². The molecular formula is C16H30N4. The first-order valence-electron chi connectivity index (χ1n) is 8.37. The summed E-state index contributed by atoms with van der Waals surface area (Å²) >= 11 is 0. The molecule has 1 aromatic rings. The van der Waals surface area contributed by atoms with Gasteiger partial charge in [0.25, 0.3) is 0 Å². The predicted octanol–water partition coefficient (Wildman–Crippen LogP) is 3.18. The molecule has 0 radical (unpaired) electrons. The van der Waals surface area contributed by atoms with Crippen molar-refractivity contribution in [2.75, 3.05) is 7.05 Å². The maximum absolute atomic E-state index is 4.45. The molecule has 1 unspecified atom stereocenters. The average Bonchev–Trinajstić information content (AvgIpc) is 2.73. The largest absolute Gasteiger partial charge is 0.317 e. The minimum Gasteiger partial charge on any atom is -0.317 e. The molecule has 1 N–H and O–H groups in total. The van der Waals surface area contributed by atoms with Crippen LogP contribution in [0.4, 0.5) is 0 Å².